The Hall–Kier alpha value is -2.28. The second-order valence-electron chi connectivity index (χ2n) is 18.0. The van der Waals surface area contributed by atoms with Crippen molar-refractivity contribution in [3.8, 4) is 0 Å². The van der Waals surface area contributed by atoms with Crippen molar-refractivity contribution in [3.05, 3.63) is 36.5 Å². The topological polar surface area (TPSA) is 231 Å². The number of aliphatic hydroxyl groups excluding tert-OH is 7. The number of esters is 2. The van der Waals surface area contributed by atoms with Crippen LogP contribution in [0.25, 0.3) is 0 Å². The van der Waals surface area contributed by atoms with E-state index in [-0.39, 0.29) is 26.1 Å². The van der Waals surface area contributed by atoms with Gasteiger partial charge in [-0.1, -0.05) is 147 Å². The Bertz CT molecular complexity index is 1290. The molecule has 0 radical (unpaired) electrons. The number of allylic oxidation sites excluding steroid dienone is 6. The van der Waals surface area contributed by atoms with Gasteiger partial charge in [-0.15, -0.1) is 0 Å². The number of rotatable bonds is 39. The lowest BCUT2D eigenvalue weighted by Gasteiger charge is -2.42. The van der Waals surface area contributed by atoms with Crippen LogP contribution >= 0.6 is 0 Å². The van der Waals surface area contributed by atoms with E-state index in [0.717, 1.165) is 64.2 Å². The molecule has 0 aromatic carbocycles. The Morgan fingerprint density at radius 1 is 0.485 bits per heavy atom. The van der Waals surface area contributed by atoms with Crippen molar-refractivity contribution in [2.75, 3.05) is 26.4 Å². The Balaban J connectivity index is 1.82. The maximum Gasteiger partial charge on any atom is 0.306 e. The Labute approximate surface area is 395 Å². The van der Waals surface area contributed by atoms with Gasteiger partial charge in [-0.3, -0.25) is 9.59 Å². The fourth-order valence-electron chi connectivity index (χ4n) is 7.83. The molecule has 2 saturated heterocycles. The molecule has 2 aliphatic rings. The molecule has 0 saturated carbocycles. The van der Waals surface area contributed by atoms with Gasteiger partial charge in [0.05, 0.1) is 19.8 Å². The molecule has 0 aromatic rings. The van der Waals surface area contributed by atoms with E-state index < -0.39 is 92.7 Å². The van der Waals surface area contributed by atoms with Crippen molar-refractivity contribution in [2.24, 2.45) is 0 Å². The molecule has 0 bridgehead atoms. The Kier molecular flexibility index (Phi) is 35.0. The van der Waals surface area contributed by atoms with E-state index >= 15 is 0 Å². The van der Waals surface area contributed by atoms with Gasteiger partial charge in [-0.05, 0) is 57.8 Å². The maximum absolute atomic E-state index is 13.0. The summed E-state index contributed by atoms with van der Waals surface area (Å²) in [5, 5.41) is 72.0. The first-order valence-corrected chi connectivity index (χ1v) is 25.6. The van der Waals surface area contributed by atoms with Crippen molar-refractivity contribution >= 4 is 11.9 Å². The number of ether oxygens (including phenoxy) is 6. The first kappa shape index (κ1) is 59.8. The largest absolute Gasteiger partial charge is 0.462 e. The van der Waals surface area contributed by atoms with Crippen LogP contribution in [0.4, 0.5) is 0 Å². The second-order valence-corrected chi connectivity index (χ2v) is 18.0. The predicted octanol–water partition coefficient (Wildman–Crippen LogP) is 6.93. The van der Waals surface area contributed by atoms with E-state index in [2.05, 4.69) is 50.3 Å². The standard InChI is InChI=1S/C51H90O15/c1-3-5-7-9-11-13-15-17-19-21-23-25-27-29-31-33-42(53)61-36-39(64-43(54)34-32-30-28-26-24-22-20-18-16-14-12-10-8-6-4-2)37-62-50-49(60)47(58)45(56)41(66-50)38-63-51-48(59)46(57)44(55)40(35-52)65-51/h9,11,14,16,18,20,39-41,44-52,55-60H,3-8,10,12-13,15,17,19,21-38H2,1-2H3/b11-9+,16-14+,20-18+/t39-,40-,41-,44+,45+,46?,47?,48?,49?,50-,51-/m1/s1. The number of unbranched alkanes of at least 4 members (excludes halogenated alkanes) is 20. The summed E-state index contributed by atoms with van der Waals surface area (Å²) in [5.74, 6) is -0.944. The molecule has 0 aromatic heterocycles. The van der Waals surface area contributed by atoms with E-state index in [9.17, 15) is 45.3 Å². The van der Waals surface area contributed by atoms with Crippen molar-refractivity contribution in [2.45, 2.75) is 248 Å². The number of aliphatic hydroxyl groups is 7. The molecule has 0 amide bonds. The van der Waals surface area contributed by atoms with Crippen molar-refractivity contribution in [3.63, 3.8) is 0 Å². The van der Waals surface area contributed by atoms with Gasteiger partial charge >= 0.3 is 11.9 Å². The third kappa shape index (κ3) is 26.5. The summed E-state index contributed by atoms with van der Waals surface area (Å²) in [4.78, 5) is 25.7. The molecule has 15 heteroatoms. The van der Waals surface area contributed by atoms with Gasteiger partial charge in [0.15, 0.2) is 18.7 Å². The first-order chi connectivity index (χ1) is 32.0. The summed E-state index contributed by atoms with van der Waals surface area (Å²) in [6, 6.07) is 0. The zero-order valence-electron chi connectivity index (χ0n) is 40.4. The molecule has 2 heterocycles. The lowest BCUT2D eigenvalue weighted by molar-refractivity contribution is -0.332. The van der Waals surface area contributed by atoms with Gasteiger partial charge in [-0.25, -0.2) is 0 Å². The predicted molar refractivity (Wildman–Crippen MR) is 252 cm³/mol. The van der Waals surface area contributed by atoms with Crippen LogP contribution < -0.4 is 0 Å². The molecule has 0 aliphatic carbocycles. The molecule has 384 valence electrons. The first-order valence-electron chi connectivity index (χ1n) is 25.6. The molecule has 2 fully saturated rings. The van der Waals surface area contributed by atoms with Gasteiger partial charge in [0.2, 0.25) is 0 Å². The zero-order valence-corrected chi connectivity index (χ0v) is 40.4. The lowest BCUT2D eigenvalue weighted by atomic mass is 9.98. The van der Waals surface area contributed by atoms with Crippen LogP contribution in [0.3, 0.4) is 0 Å². The molecule has 2 rings (SSSR count). The molecule has 15 nitrogen and oxygen atoms in total. The lowest BCUT2D eigenvalue weighted by Crippen LogP contribution is -2.61. The summed E-state index contributed by atoms with van der Waals surface area (Å²) in [7, 11) is 0. The van der Waals surface area contributed by atoms with E-state index in [1.54, 1.807) is 0 Å². The molecule has 0 spiro atoms. The number of hydrogen-bond donors (Lipinski definition) is 7. The van der Waals surface area contributed by atoms with Crippen molar-refractivity contribution < 1.29 is 73.8 Å². The van der Waals surface area contributed by atoms with Crippen LogP contribution in [0.2, 0.25) is 0 Å². The zero-order chi connectivity index (χ0) is 48.2. The van der Waals surface area contributed by atoms with Gasteiger partial charge < -0.3 is 64.2 Å². The molecule has 7 N–H and O–H groups in total. The van der Waals surface area contributed by atoms with Crippen molar-refractivity contribution in [1.82, 2.24) is 0 Å². The molecule has 2 aliphatic heterocycles. The van der Waals surface area contributed by atoms with Crippen LogP contribution in [0, 0.1) is 0 Å². The minimum atomic E-state index is -1.77. The van der Waals surface area contributed by atoms with E-state index in [0.29, 0.717) is 12.8 Å². The second kappa shape index (κ2) is 38.6. The monoisotopic (exact) mass is 943 g/mol. The van der Waals surface area contributed by atoms with E-state index in [1.807, 2.05) is 0 Å². The fraction of sp³-hybridized carbons (Fsp3) is 0.843. The van der Waals surface area contributed by atoms with Crippen LogP contribution in [0.15, 0.2) is 36.5 Å². The van der Waals surface area contributed by atoms with Gasteiger partial charge in [-0.2, -0.15) is 0 Å². The van der Waals surface area contributed by atoms with Gasteiger partial charge in [0, 0.05) is 12.8 Å². The minimum Gasteiger partial charge on any atom is -0.462 e. The highest BCUT2D eigenvalue weighted by molar-refractivity contribution is 5.70. The highest BCUT2D eigenvalue weighted by Crippen LogP contribution is 2.26. The Morgan fingerprint density at radius 3 is 1.47 bits per heavy atom. The number of carbonyl (C=O) groups is 2. The fourth-order valence-corrected chi connectivity index (χ4v) is 7.83. The van der Waals surface area contributed by atoms with Gasteiger partial charge in [0.1, 0.15) is 55.4 Å². The van der Waals surface area contributed by atoms with Gasteiger partial charge in [0.25, 0.3) is 0 Å². The SMILES string of the molecule is CCCC/C=C/CCCCCCCCCCCC(=O)OC[C@H](CO[C@@H]1O[C@H](CO[C@@H]2O[C@H](CO)[C@H](O)C(O)C2O)[C@H](O)C(O)C1O)OC(=O)CCCCCCC/C=C/C=C/CCCCCC. The van der Waals surface area contributed by atoms with E-state index in [1.165, 1.54) is 77.0 Å². The summed E-state index contributed by atoms with van der Waals surface area (Å²) in [5.41, 5.74) is 0. The summed E-state index contributed by atoms with van der Waals surface area (Å²) in [6.45, 7) is 2.52. The third-order valence-electron chi connectivity index (χ3n) is 12.1. The van der Waals surface area contributed by atoms with Crippen LogP contribution in [-0.4, -0.2) is 142 Å². The molecular weight excluding hydrogens is 853 g/mol. The molecule has 66 heavy (non-hydrogen) atoms. The summed E-state index contributed by atoms with van der Waals surface area (Å²) < 4.78 is 33.5. The molecule has 11 atom stereocenters. The molecular formula is C51H90O15. The maximum atomic E-state index is 13.0. The normalized spacial score (nSPS) is 26.4. The highest BCUT2D eigenvalue weighted by Gasteiger charge is 2.47. The van der Waals surface area contributed by atoms with Crippen molar-refractivity contribution in [1.29, 1.82) is 0 Å². The number of hydrogen-bond acceptors (Lipinski definition) is 15. The number of carbonyl (C=O) groups excluding carboxylic acids is 2. The molecule has 4 unspecified atom stereocenters. The summed E-state index contributed by atoms with van der Waals surface area (Å²) in [6.07, 6.45) is 23.1. The average Bonchev–Trinajstić information content (AvgIpc) is 3.31. The van der Waals surface area contributed by atoms with Crippen LogP contribution in [0.1, 0.15) is 181 Å². The quantitative estimate of drug-likeness (QED) is 0.0143. The van der Waals surface area contributed by atoms with Crippen LogP contribution in [0.5, 0.6) is 0 Å². The average molecular weight is 943 g/mol. The third-order valence-corrected chi connectivity index (χ3v) is 12.1. The minimum absolute atomic E-state index is 0.148. The van der Waals surface area contributed by atoms with E-state index in [4.69, 9.17) is 28.4 Å². The Morgan fingerprint density at radius 2 is 0.924 bits per heavy atom. The highest BCUT2D eigenvalue weighted by atomic mass is 16.7. The van der Waals surface area contributed by atoms with Crippen LogP contribution in [-0.2, 0) is 38.0 Å². The summed E-state index contributed by atoms with van der Waals surface area (Å²) >= 11 is 0. The smallest absolute Gasteiger partial charge is 0.306 e.